The first kappa shape index (κ1) is 10.6. The quantitative estimate of drug-likeness (QED) is 0.457. The normalized spacial score (nSPS) is 10.4. The van der Waals surface area contributed by atoms with E-state index in [9.17, 15) is 10.1 Å². The molecule has 2 aromatic rings. The zero-order chi connectivity index (χ0) is 11.7. The summed E-state index contributed by atoms with van der Waals surface area (Å²) < 4.78 is 5.07. The monoisotopic (exact) mass is 239 g/mol. The van der Waals surface area contributed by atoms with Crippen LogP contribution in [-0.2, 0) is 0 Å². The molecule has 0 amide bonds. The van der Waals surface area contributed by atoms with Crippen LogP contribution in [0.25, 0.3) is 11.5 Å². The first-order chi connectivity index (χ1) is 7.59. The van der Waals surface area contributed by atoms with Gasteiger partial charge in [-0.25, -0.2) is 9.97 Å². The molecule has 0 aliphatic carbocycles. The summed E-state index contributed by atoms with van der Waals surface area (Å²) in [4.78, 5) is 17.9. The fraction of sp³-hybridized carbons (Fsp3) is 0.111. The molecule has 0 aliphatic heterocycles. The van der Waals surface area contributed by atoms with Crippen LogP contribution in [0.5, 0.6) is 0 Å². The van der Waals surface area contributed by atoms with E-state index in [1.165, 1.54) is 13.2 Å². The summed E-state index contributed by atoms with van der Waals surface area (Å²) in [7, 11) is 0. The van der Waals surface area contributed by atoms with Gasteiger partial charge in [0.2, 0.25) is 5.28 Å². The van der Waals surface area contributed by atoms with E-state index in [4.69, 9.17) is 16.0 Å². The van der Waals surface area contributed by atoms with Gasteiger partial charge < -0.3 is 4.42 Å². The predicted molar refractivity (Wildman–Crippen MR) is 56.1 cm³/mol. The van der Waals surface area contributed by atoms with Crippen LogP contribution in [-0.4, -0.2) is 14.9 Å². The minimum atomic E-state index is -0.552. The van der Waals surface area contributed by atoms with E-state index in [1.807, 2.05) is 0 Å². The Balaban J connectivity index is 2.72. The Kier molecular flexibility index (Phi) is 2.57. The molecule has 0 spiro atoms. The van der Waals surface area contributed by atoms with Crippen LogP contribution in [0.2, 0.25) is 5.28 Å². The molecule has 0 fully saturated rings. The molecule has 2 rings (SSSR count). The van der Waals surface area contributed by atoms with E-state index in [2.05, 4.69) is 9.97 Å². The average molecular weight is 240 g/mol. The molecule has 0 aliphatic rings. The van der Waals surface area contributed by atoms with Crippen molar-refractivity contribution in [1.82, 2.24) is 9.97 Å². The van der Waals surface area contributed by atoms with Crippen LogP contribution in [0.1, 0.15) is 5.69 Å². The van der Waals surface area contributed by atoms with Gasteiger partial charge in [0.25, 0.3) is 0 Å². The molecule has 0 saturated carbocycles. The second-order valence-corrected chi connectivity index (χ2v) is 3.35. The van der Waals surface area contributed by atoms with Crippen molar-refractivity contribution < 1.29 is 9.34 Å². The molecule has 2 aromatic heterocycles. The highest BCUT2D eigenvalue weighted by Crippen LogP contribution is 2.31. The lowest BCUT2D eigenvalue weighted by Gasteiger charge is -2.01. The van der Waals surface area contributed by atoms with Crippen molar-refractivity contribution >= 4 is 17.3 Å². The summed E-state index contributed by atoms with van der Waals surface area (Å²) in [5.74, 6) is 0.291. The van der Waals surface area contributed by atoms with Gasteiger partial charge in [-0.05, 0) is 30.7 Å². The first-order valence-corrected chi connectivity index (χ1v) is 4.70. The average Bonchev–Trinajstić information content (AvgIpc) is 2.67. The van der Waals surface area contributed by atoms with Gasteiger partial charge in [-0.1, -0.05) is 0 Å². The maximum Gasteiger partial charge on any atom is 0.319 e. The number of nitrogens with zero attached hydrogens (tertiary/aromatic N) is 3. The maximum absolute atomic E-state index is 10.9. The molecule has 0 saturated heterocycles. The number of halogens is 1. The molecule has 0 radical (unpaired) electrons. The number of hydrogen-bond acceptors (Lipinski definition) is 5. The lowest BCUT2D eigenvalue weighted by Crippen LogP contribution is -2.00. The van der Waals surface area contributed by atoms with Gasteiger partial charge >= 0.3 is 5.69 Å². The predicted octanol–water partition coefficient (Wildman–Crippen LogP) is 2.61. The van der Waals surface area contributed by atoms with Gasteiger partial charge in [-0.15, -0.1) is 0 Å². The van der Waals surface area contributed by atoms with Crippen LogP contribution < -0.4 is 0 Å². The van der Waals surface area contributed by atoms with E-state index in [-0.39, 0.29) is 22.4 Å². The number of nitro groups is 1. The molecule has 0 aromatic carbocycles. The fourth-order valence-electron chi connectivity index (χ4n) is 1.34. The highest BCUT2D eigenvalue weighted by atomic mass is 35.5. The van der Waals surface area contributed by atoms with Gasteiger partial charge in [-0.3, -0.25) is 10.1 Å². The van der Waals surface area contributed by atoms with Gasteiger partial charge in [0.15, 0.2) is 11.5 Å². The van der Waals surface area contributed by atoms with Crippen LogP contribution in [0, 0.1) is 17.0 Å². The molecule has 0 N–H and O–H groups in total. The topological polar surface area (TPSA) is 82.1 Å². The molecule has 0 bridgehead atoms. The third-order valence-corrected chi connectivity index (χ3v) is 2.14. The summed E-state index contributed by atoms with van der Waals surface area (Å²) >= 11 is 5.66. The molecule has 16 heavy (non-hydrogen) atoms. The van der Waals surface area contributed by atoms with Gasteiger partial charge in [-0.2, -0.15) is 0 Å². The van der Waals surface area contributed by atoms with E-state index >= 15 is 0 Å². The minimum Gasteiger partial charge on any atom is -0.462 e. The molecule has 7 heteroatoms. The summed E-state index contributed by atoms with van der Waals surface area (Å²) in [6.45, 7) is 1.50. The largest absolute Gasteiger partial charge is 0.462 e. The molecule has 0 unspecified atom stereocenters. The molecular formula is C9H6ClN3O3. The Morgan fingerprint density at radius 3 is 2.81 bits per heavy atom. The number of aromatic nitrogens is 2. The van der Waals surface area contributed by atoms with E-state index in [0.29, 0.717) is 5.76 Å². The van der Waals surface area contributed by atoms with Gasteiger partial charge in [0, 0.05) is 0 Å². The number of hydrogen-bond donors (Lipinski definition) is 0. The van der Waals surface area contributed by atoms with Crippen LogP contribution in [0.15, 0.2) is 22.8 Å². The van der Waals surface area contributed by atoms with Crippen molar-refractivity contribution in [3.63, 3.8) is 0 Å². The highest BCUT2D eigenvalue weighted by molar-refractivity contribution is 6.28. The second kappa shape index (κ2) is 3.90. The van der Waals surface area contributed by atoms with Crippen molar-refractivity contribution in [2.45, 2.75) is 6.92 Å². The number of aryl methyl sites for hydroxylation is 1. The van der Waals surface area contributed by atoms with Crippen LogP contribution in [0.4, 0.5) is 5.69 Å². The number of rotatable bonds is 2. The minimum absolute atomic E-state index is 0.0468. The third kappa shape index (κ3) is 1.74. The van der Waals surface area contributed by atoms with E-state index in [0.717, 1.165) is 0 Å². The molecule has 6 nitrogen and oxygen atoms in total. The van der Waals surface area contributed by atoms with Gasteiger partial charge in [0.1, 0.15) is 5.69 Å². The molecule has 0 atom stereocenters. The van der Waals surface area contributed by atoms with Crippen LogP contribution >= 0.6 is 11.6 Å². The zero-order valence-electron chi connectivity index (χ0n) is 8.18. The zero-order valence-corrected chi connectivity index (χ0v) is 8.93. The van der Waals surface area contributed by atoms with Crippen molar-refractivity contribution in [3.8, 4) is 11.5 Å². The lowest BCUT2D eigenvalue weighted by atomic mass is 10.2. The van der Waals surface area contributed by atoms with E-state index < -0.39 is 4.92 Å². The lowest BCUT2D eigenvalue weighted by molar-refractivity contribution is -0.385. The van der Waals surface area contributed by atoms with Gasteiger partial charge in [0.05, 0.1) is 11.2 Å². The summed E-state index contributed by atoms with van der Waals surface area (Å²) in [6.07, 6.45) is 1.41. The summed E-state index contributed by atoms with van der Waals surface area (Å²) in [6, 6.07) is 3.19. The first-order valence-electron chi connectivity index (χ1n) is 4.32. The van der Waals surface area contributed by atoms with Crippen molar-refractivity contribution in [1.29, 1.82) is 0 Å². The van der Waals surface area contributed by atoms with Crippen molar-refractivity contribution in [2.75, 3.05) is 0 Å². The smallest absolute Gasteiger partial charge is 0.319 e. The highest BCUT2D eigenvalue weighted by Gasteiger charge is 2.24. The number of furan rings is 1. The third-order valence-electron chi connectivity index (χ3n) is 1.97. The standard InChI is InChI=1S/C9H6ClN3O3/c1-5-8(13(14)15)7(12-9(10)11-5)6-3-2-4-16-6/h2-4H,1H3. The van der Waals surface area contributed by atoms with E-state index in [1.54, 1.807) is 12.1 Å². The Bertz CT molecular complexity index is 539. The SMILES string of the molecule is Cc1nc(Cl)nc(-c2ccco2)c1[N+](=O)[O-]. The Morgan fingerprint density at radius 2 is 2.25 bits per heavy atom. The molecular weight excluding hydrogens is 234 g/mol. The molecule has 82 valence electrons. The van der Waals surface area contributed by atoms with Crippen LogP contribution in [0.3, 0.4) is 0 Å². The summed E-state index contributed by atoms with van der Waals surface area (Å²) in [5, 5.41) is 10.8. The van der Waals surface area contributed by atoms with Crippen molar-refractivity contribution in [3.05, 3.63) is 39.5 Å². The summed E-state index contributed by atoms with van der Waals surface area (Å²) in [5.41, 5.74) is 0.100. The Morgan fingerprint density at radius 1 is 1.50 bits per heavy atom. The Hall–Kier alpha value is -1.95. The second-order valence-electron chi connectivity index (χ2n) is 3.01. The van der Waals surface area contributed by atoms with Crippen molar-refractivity contribution in [2.24, 2.45) is 0 Å². The molecule has 2 heterocycles. The maximum atomic E-state index is 10.9. The fourth-order valence-corrected chi connectivity index (χ4v) is 1.55. The Labute approximate surface area is 95.0 Å².